The molecule has 0 aliphatic heterocycles. The molecule has 1 aromatic carbocycles. The zero-order valence-corrected chi connectivity index (χ0v) is 13.5. The molecule has 1 aromatic heterocycles. The second kappa shape index (κ2) is 5.94. The third-order valence-electron chi connectivity index (χ3n) is 3.98. The Balaban J connectivity index is 1.63. The number of halogens is 1. The number of ether oxygens (including phenoxy) is 1. The molecule has 1 atom stereocenters. The number of rotatable bonds is 5. The molecule has 3 heteroatoms. The third kappa shape index (κ3) is 2.88. The van der Waals surface area contributed by atoms with Crippen molar-refractivity contribution >= 4 is 37.4 Å². The van der Waals surface area contributed by atoms with Gasteiger partial charge in [0.25, 0.3) is 0 Å². The summed E-state index contributed by atoms with van der Waals surface area (Å²) in [6, 6.07) is 8.69. The maximum absolute atomic E-state index is 5.64. The molecule has 0 amide bonds. The average Bonchev–Trinajstić information content (AvgIpc) is 2.80. The molecule has 3 rings (SSSR count). The van der Waals surface area contributed by atoms with Crippen molar-refractivity contribution < 1.29 is 4.74 Å². The van der Waals surface area contributed by atoms with Gasteiger partial charge in [0.15, 0.2) is 0 Å². The fourth-order valence-electron chi connectivity index (χ4n) is 2.90. The summed E-state index contributed by atoms with van der Waals surface area (Å²) in [5.74, 6) is 0.819. The quantitative estimate of drug-likeness (QED) is 0.650. The molecule has 1 unspecified atom stereocenters. The van der Waals surface area contributed by atoms with E-state index in [4.69, 9.17) is 4.74 Å². The summed E-state index contributed by atoms with van der Waals surface area (Å²) < 4.78 is 7.03. The molecule has 1 heterocycles. The Morgan fingerprint density at radius 2 is 2.16 bits per heavy atom. The number of hydrogen-bond acceptors (Lipinski definition) is 2. The van der Waals surface area contributed by atoms with Crippen LogP contribution in [0.1, 0.15) is 36.6 Å². The first-order valence-corrected chi connectivity index (χ1v) is 8.79. The van der Waals surface area contributed by atoms with Crippen LogP contribution in [0.15, 0.2) is 29.6 Å². The van der Waals surface area contributed by atoms with E-state index in [1.165, 1.54) is 34.9 Å². The van der Waals surface area contributed by atoms with Gasteiger partial charge in [0.05, 0.1) is 6.10 Å². The van der Waals surface area contributed by atoms with Crippen LogP contribution in [0.2, 0.25) is 0 Å². The Morgan fingerprint density at radius 3 is 2.95 bits per heavy atom. The lowest BCUT2D eigenvalue weighted by Gasteiger charge is -2.36. The zero-order chi connectivity index (χ0) is 13.2. The molecule has 0 radical (unpaired) electrons. The second-order valence-corrected chi connectivity index (χ2v) is 7.32. The van der Waals surface area contributed by atoms with Crippen molar-refractivity contribution in [2.24, 2.45) is 5.92 Å². The van der Waals surface area contributed by atoms with Crippen molar-refractivity contribution in [2.75, 3.05) is 6.61 Å². The van der Waals surface area contributed by atoms with Gasteiger partial charge < -0.3 is 4.74 Å². The molecule has 0 bridgehead atoms. The number of benzene rings is 1. The summed E-state index contributed by atoms with van der Waals surface area (Å²) in [5.41, 5.74) is 1.46. The molecule has 1 aliphatic rings. The molecule has 102 valence electrons. The van der Waals surface area contributed by atoms with Gasteiger partial charge in [-0.3, -0.25) is 0 Å². The van der Waals surface area contributed by atoms with Crippen molar-refractivity contribution in [3.05, 3.63) is 35.2 Å². The van der Waals surface area contributed by atoms with Gasteiger partial charge in [0, 0.05) is 16.1 Å². The highest BCUT2D eigenvalue weighted by molar-refractivity contribution is 9.09. The van der Waals surface area contributed by atoms with Gasteiger partial charge in [-0.2, -0.15) is 0 Å². The molecular weight excluding hydrogens is 320 g/mol. The number of thiophene rings is 1. The van der Waals surface area contributed by atoms with Gasteiger partial charge in [-0.1, -0.05) is 34.1 Å². The van der Waals surface area contributed by atoms with Crippen LogP contribution in [-0.2, 0) is 4.74 Å². The Kier molecular flexibility index (Phi) is 4.25. The highest BCUT2D eigenvalue weighted by Gasteiger charge is 2.31. The predicted molar refractivity (Wildman–Crippen MR) is 86.2 cm³/mol. The van der Waals surface area contributed by atoms with Crippen molar-refractivity contribution in [2.45, 2.75) is 37.1 Å². The first-order valence-electron chi connectivity index (χ1n) is 6.99. The van der Waals surface area contributed by atoms with E-state index in [-0.39, 0.29) is 0 Å². The van der Waals surface area contributed by atoms with E-state index >= 15 is 0 Å². The zero-order valence-electron chi connectivity index (χ0n) is 11.1. The lowest BCUT2D eigenvalue weighted by Crippen LogP contribution is -2.31. The summed E-state index contributed by atoms with van der Waals surface area (Å²) in [4.78, 5) is 0.483. The van der Waals surface area contributed by atoms with E-state index < -0.39 is 0 Å². The number of fused-ring (bicyclic) bond motifs is 1. The van der Waals surface area contributed by atoms with Crippen LogP contribution in [0.3, 0.4) is 0 Å². The highest BCUT2D eigenvalue weighted by Crippen LogP contribution is 2.43. The lowest BCUT2D eigenvalue weighted by atomic mass is 9.78. The van der Waals surface area contributed by atoms with Crippen molar-refractivity contribution in [3.8, 4) is 0 Å². The van der Waals surface area contributed by atoms with E-state index in [0.717, 1.165) is 12.5 Å². The largest absolute Gasteiger partial charge is 0.378 e. The van der Waals surface area contributed by atoms with E-state index in [1.807, 2.05) is 11.3 Å². The highest BCUT2D eigenvalue weighted by atomic mass is 79.9. The van der Waals surface area contributed by atoms with Crippen LogP contribution in [0, 0.1) is 5.92 Å². The van der Waals surface area contributed by atoms with Gasteiger partial charge in [-0.05, 0) is 54.5 Å². The van der Waals surface area contributed by atoms with Gasteiger partial charge in [0.2, 0.25) is 0 Å². The van der Waals surface area contributed by atoms with Gasteiger partial charge in [-0.25, -0.2) is 0 Å². The number of alkyl halides is 1. The Hall–Kier alpha value is -0.380. The molecular formula is C16H19BrOS. The minimum atomic E-state index is 0.483. The van der Waals surface area contributed by atoms with Crippen LogP contribution >= 0.6 is 27.3 Å². The lowest BCUT2D eigenvalue weighted by molar-refractivity contribution is -0.0264. The molecule has 1 aliphatic carbocycles. The smallest absolute Gasteiger partial charge is 0.0580 e. The Bertz CT molecular complexity index is 544. The Labute approximate surface area is 127 Å². The summed E-state index contributed by atoms with van der Waals surface area (Å²) >= 11 is 5.74. The van der Waals surface area contributed by atoms with Crippen molar-refractivity contribution in [3.63, 3.8) is 0 Å². The molecule has 2 aromatic rings. The molecule has 19 heavy (non-hydrogen) atoms. The van der Waals surface area contributed by atoms with E-state index in [9.17, 15) is 0 Å². The third-order valence-corrected chi connectivity index (χ3v) is 5.83. The maximum atomic E-state index is 5.64. The van der Waals surface area contributed by atoms with Crippen molar-refractivity contribution in [1.82, 2.24) is 0 Å². The topological polar surface area (TPSA) is 9.23 Å². The normalized spacial score (nSPS) is 24.3. The SMILES string of the molecule is CCOC1CC(CC(Br)c2csc3ccccc23)C1. The molecule has 0 saturated heterocycles. The standard InChI is InChI=1S/C16H19BrOS/c1-2-18-12-7-11(8-12)9-15(17)14-10-19-16-6-4-3-5-13(14)16/h3-6,10-12,15H,2,7-9H2,1H3. The summed E-state index contributed by atoms with van der Waals surface area (Å²) in [5, 5.41) is 3.72. The van der Waals surface area contributed by atoms with E-state index in [1.54, 1.807) is 0 Å². The fraction of sp³-hybridized carbons (Fsp3) is 0.500. The van der Waals surface area contributed by atoms with Gasteiger partial charge >= 0.3 is 0 Å². The minimum absolute atomic E-state index is 0.483. The van der Waals surface area contributed by atoms with E-state index in [0.29, 0.717) is 10.9 Å². The van der Waals surface area contributed by atoms with Crippen LogP contribution < -0.4 is 0 Å². The second-order valence-electron chi connectivity index (χ2n) is 5.31. The van der Waals surface area contributed by atoms with E-state index in [2.05, 4.69) is 52.5 Å². The predicted octanol–water partition coefficient (Wildman–Crippen LogP) is 5.54. The first kappa shape index (κ1) is 13.6. The minimum Gasteiger partial charge on any atom is -0.378 e. The van der Waals surface area contributed by atoms with Crippen LogP contribution in [0.5, 0.6) is 0 Å². The molecule has 1 saturated carbocycles. The molecule has 0 N–H and O–H groups in total. The summed E-state index contributed by atoms with van der Waals surface area (Å²) in [6.07, 6.45) is 4.22. The summed E-state index contributed by atoms with van der Waals surface area (Å²) in [6.45, 7) is 2.93. The van der Waals surface area contributed by atoms with Crippen LogP contribution in [0.4, 0.5) is 0 Å². The van der Waals surface area contributed by atoms with Crippen LogP contribution in [-0.4, -0.2) is 12.7 Å². The number of hydrogen-bond donors (Lipinski definition) is 0. The first-order chi connectivity index (χ1) is 9.28. The van der Waals surface area contributed by atoms with Crippen molar-refractivity contribution in [1.29, 1.82) is 0 Å². The molecule has 0 spiro atoms. The van der Waals surface area contributed by atoms with Gasteiger partial charge in [-0.15, -0.1) is 11.3 Å². The molecule has 1 fully saturated rings. The average molecular weight is 339 g/mol. The summed E-state index contributed by atoms with van der Waals surface area (Å²) in [7, 11) is 0. The maximum Gasteiger partial charge on any atom is 0.0580 e. The van der Waals surface area contributed by atoms with Gasteiger partial charge in [0.1, 0.15) is 0 Å². The molecule has 1 nitrogen and oxygen atoms in total. The van der Waals surface area contributed by atoms with Crippen LogP contribution in [0.25, 0.3) is 10.1 Å². The fourth-order valence-corrected chi connectivity index (χ4v) is 5.00. The Morgan fingerprint density at radius 1 is 1.37 bits per heavy atom. The monoisotopic (exact) mass is 338 g/mol.